The summed E-state index contributed by atoms with van der Waals surface area (Å²) in [5.41, 5.74) is 1.04. The number of likely N-dealkylation sites (tertiary alicyclic amines) is 1. The summed E-state index contributed by atoms with van der Waals surface area (Å²) < 4.78 is 37.5. The molecule has 26 heavy (non-hydrogen) atoms. The first-order valence-corrected chi connectivity index (χ1v) is 9.93. The van der Waals surface area contributed by atoms with Gasteiger partial charge in [-0.2, -0.15) is 13.2 Å². The van der Waals surface area contributed by atoms with Crippen LogP contribution in [0.15, 0.2) is 10.4 Å². The summed E-state index contributed by atoms with van der Waals surface area (Å²) in [7, 11) is 0. The van der Waals surface area contributed by atoms with Gasteiger partial charge in [0.1, 0.15) is 0 Å². The molecule has 1 aliphatic heterocycles. The number of guanidine groups is 1. The van der Waals surface area contributed by atoms with Crippen LogP contribution in [0.25, 0.3) is 0 Å². The van der Waals surface area contributed by atoms with E-state index in [1.165, 1.54) is 4.90 Å². The molecule has 148 valence electrons. The predicted molar refractivity (Wildman–Crippen MR) is 99.9 cm³/mol. The molecular weight excluding hydrogens is 363 g/mol. The first-order valence-electron chi connectivity index (χ1n) is 9.05. The second-order valence-corrected chi connectivity index (χ2v) is 7.71. The van der Waals surface area contributed by atoms with Crippen LogP contribution in [0, 0.1) is 0 Å². The molecular formula is C17H28F3N5S. The fourth-order valence-corrected chi connectivity index (χ4v) is 3.72. The lowest BCUT2D eigenvalue weighted by atomic mass is 10.2. The van der Waals surface area contributed by atoms with Gasteiger partial charge in [-0.15, -0.1) is 11.3 Å². The van der Waals surface area contributed by atoms with E-state index in [-0.39, 0.29) is 6.04 Å². The van der Waals surface area contributed by atoms with Gasteiger partial charge in [0.2, 0.25) is 0 Å². The van der Waals surface area contributed by atoms with Crippen LogP contribution in [0.5, 0.6) is 0 Å². The Labute approximate surface area is 157 Å². The van der Waals surface area contributed by atoms with Gasteiger partial charge in [0.25, 0.3) is 0 Å². The van der Waals surface area contributed by atoms with Gasteiger partial charge in [-0.05, 0) is 13.3 Å². The molecule has 9 heteroatoms. The normalized spacial score (nSPS) is 19.3. The standard InChI is InChI=1S/C17H28F3N5S/c1-4-21-16(22-7-5-14-10-26-15(23-14)12(2)3)24-13-6-8-25(9-13)11-17(18,19)20/h10,12-13H,4-9,11H2,1-3H3,(H2,21,22,24). The number of alkyl halides is 3. The maximum absolute atomic E-state index is 12.5. The molecule has 0 radical (unpaired) electrons. The van der Waals surface area contributed by atoms with Gasteiger partial charge in [0.05, 0.1) is 17.2 Å². The average molecular weight is 392 g/mol. The lowest BCUT2D eigenvalue weighted by molar-refractivity contribution is -0.143. The summed E-state index contributed by atoms with van der Waals surface area (Å²) in [5, 5.41) is 9.61. The minimum Gasteiger partial charge on any atom is -0.357 e. The topological polar surface area (TPSA) is 52.6 Å². The highest BCUT2D eigenvalue weighted by molar-refractivity contribution is 7.09. The molecule has 0 spiro atoms. The van der Waals surface area contributed by atoms with E-state index in [1.807, 2.05) is 6.92 Å². The molecule has 1 saturated heterocycles. The van der Waals surface area contributed by atoms with Crippen LogP contribution in [0.4, 0.5) is 13.2 Å². The Kier molecular flexibility index (Phi) is 7.69. The van der Waals surface area contributed by atoms with Crippen LogP contribution in [0.2, 0.25) is 0 Å². The molecule has 1 aliphatic rings. The minimum absolute atomic E-state index is 0.0121. The summed E-state index contributed by atoms with van der Waals surface area (Å²) in [6.45, 7) is 7.50. The highest BCUT2D eigenvalue weighted by Gasteiger charge is 2.34. The lowest BCUT2D eigenvalue weighted by Gasteiger charge is -2.19. The molecule has 0 aliphatic carbocycles. The minimum atomic E-state index is -4.14. The molecule has 1 atom stereocenters. The van der Waals surface area contributed by atoms with E-state index in [0.717, 1.165) is 17.1 Å². The van der Waals surface area contributed by atoms with E-state index in [9.17, 15) is 13.2 Å². The van der Waals surface area contributed by atoms with Crippen LogP contribution in [0.3, 0.4) is 0 Å². The summed E-state index contributed by atoms with van der Waals surface area (Å²) in [6.07, 6.45) is -2.70. The second kappa shape index (κ2) is 9.55. The van der Waals surface area contributed by atoms with Gasteiger partial charge < -0.3 is 10.6 Å². The Morgan fingerprint density at radius 2 is 2.23 bits per heavy atom. The molecule has 0 amide bonds. The molecule has 2 N–H and O–H groups in total. The number of nitrogens with zero attached hydrogens (tertiary/aromatic N) is 3. The van der Waals surface area contributed by atoms with Gasteiger partial charge in [-0.25, -0.2) is 4.98 Å². The average Bonchev–Trinajstić information content (AvgIpc) is 3.15. The summed E-state index contributed by atoms with van der Waals surface area (Å²) >= 11 is 1.67. The van der Waals surface area contributed by atoms with Crippen LogP contribution in [0.1, 0.15) is 43.8 Å². The fourth-order valence-electron chi connectivity index (χ4n) is 2.85. The van der Waals surface area contributed by atoms with E-state index in [2.05, 4.69) is 39.8 Å². The van der Waals surface area contributed by atoms with Crippen molar-refractivity contribution in [2.45, 2.75) is 51.7 Å². The summed E-state index contributed by atoms with van der Waals surface area (Å²) in [6, 6.07) is -0.0121. The number of nitrogens with one attached hydrogen (secondary N) is 2. The number of aromatic nitrogens is 1. The van der Waals surface area contributed by atoms with E-state index in [0.29, 0.717) is 44.5 Å². The monoisotopic (exact) mass is 391 g/mol. The number of rotatable bonds is 7. The van der Waals surface area contributed by atoms with Crippen LogP contribution in [-0.2, 0) is 6.42 Å². The maximum atomic E-state index is 12.5. The highest BCUT2D eigenvalue weighted by atomic mass is 32.1. The number of hydrogen-bond donors (Lipinski definition) is 2. The molecule has 5 nitrogen and oxygen atoms in total. The van der Waals surface area contributed by atoms with Gasteiger partial charge >= 0.3 is 6.18 Å². The highest BCUT2D eigenvalue weighted by Crippen LogP contribution is 2.20. The van der Waals surface area contributed by atoms with Gasteiger partial charge in [-0.3, -0.25) is 9.89 Å². The molecule has 2 heterocycles. The van der Waals surface area contributed by atoms with Crippen LogP contribution >= 0.6 is 11.3 Å². The van der Waals surface area contributed by atoms with E-state index < -0.39 is 12.7 Å². The SMILES string of the molecule is CCNC(=NCCc1csc(C(C)C)n1)NC1CCN(CC(F)(F)F)C1. The van der Waals surface area contributed by atoms with Gasteiger partial charge in [-0.1, -0.05) is 13.8 Å². The first kappa shape index (κ1) is 21.0. The Bertz CT molecular complexity index is 585. The van der Waals surface area contributed by atoms with Crippen LogP contribution < -0.4 is 10.6 Å². The van der Waals surface area contributed by atoms with Gasteiger partial charge in [0.15, 0.2) is 5.96 Å². The molecule has 1 unspecified atom stereocenters. The molecule has 1 aromatic rings. The van der Waals surface area contributed by atoms with Crippen LogP contribution in [-0.4, -0.2) is 60.8 Å². The largest absolute Gasteiger partial charge is 0.401 e. The first-order chi connectivity index (χ1) is 12.3. The van der Waals surface area contributed by atoms with Crippen molar-refractivity contribution >= 4 is 17.3 Å². The maximum Gasteiger partial charge on any atom is 0.401 e. The zero-order valence-electron chi connectivity index (χ0n) is 15.6. The molecule has 1 aromatic heterocycles. The van der Waals surface area contributed by atoms with E-state index in [4.69, 9.17) is 0 Å². The lowest BCUT2D eigenvalue weighted by Crippen LogP contribution is -2.45. The van der Waals surface area contributed by atoms with Crippen molar-refractivity contribution in [3.05, 3.63) is 16.1 Å². The Morgan fingerprint density at radius 3 is 2.85 bits per heavy atom. The van der Waals surface area contributed by atoms with Crippen molar-refractivity contribution in [3.63, 3.8) is 0 Å². The zero-order valence-corrected chi connectivity index (χ0v) is 16.4. The molecule has 2 rings (SSSR count). The van der Waals surface area contributed by atoms with Gasteiger partial charge in [0, 0.05) is 49.9 Å². The Balaban J connectivity index is 1.82. The zero-order chi connectivity index (χ0) is 19.2. The smallest absolute Gasteiger partial charge is 0.357 e. The number of halogens is 3. The van der Waals surface area contributed by atoms with Crippen molar-refractivity contribution in [2.24, 2.45) is 4.99 Å². The van der Waals surface area contributed by atoms with Crippen molar-refractivity contribution in [1.82, 2.24) is 20.5 Å². The molecule has 0 aromatic carbocycles. The second-order valence-electron chi connectivity index (χ2n) is 6.82. The molecule has 0 bridgehead atoms. The quantitative estimate of drug-likeness (QED) is 0.554. The van der Waals surface area contributed by atoms with E-state index in [1.54, 1.807) is 11.3 Å². The third-order valence-corrected chi connectivity index (χ3v) is 5.26. The Hall–Kier alpha value is -1.35. The number of thiazole rings is 1. The third-order valence-electron chi connectivity index (χ3n) is 4.06. The summed E-state index contributed by atoms with van der Waals surface area (Å²) in [5.74, 6) is 1.09. The van der Waals surface area contributed by atoms with Crippen molar-refractivity contribution < 1.29 is 13.2 Å². The van der Waals surface area contributed by atoms with Crippen molar-refractivity contribution in [2.75, 3.05) is 32.7 Å². The molecule has 1 fully saturated rings. The van der Waals surface area contributed by atoms with Crippen molar-refractivity contribution in [3.8, 4) is 0 Å². The fraction of sp³-hybridized carbons (Fsp3) is 0.765. The number of aliphatic imine (C=N–C) groups is 1. The number of hydrogen-bond acceptors (Lipinski definition) is 4. The summed E-state index contributed by atoms with van der Waals surface area (Å²) in [4.78, 5) is 10.6. The third kappa shape index (κ3) is 7.11. The molecule has 0 saturated carbocycles. The van der Waals surface area contributed by atoms with Crippen molar-refractivity contribution in [1.29, 1.82) is 0 Å². The predicted octanol–water partition coefficient (Wildman–Crippen LogP) is 3.00. The Morgan fingerprint density at radius 1 is 1.46 bits per heavy atom. The van der Waals surface area contributed by atoms with E-state index >= 15 is 0 Å².